The largest absolute Gasteiger partial charge is 0.478 e. The molecule has 3 heterocycles. The lowest BCUT2D eigenvalue weighted by Gasteiger charge is -2.28. The molecule has 7 nitrogen and oxygen atoms in total. The summed E-state index contributed by atoms with van der Waals surface area (Å²) in [5.74, 6) is -1.01. The Labute approximate surface area is 146 Å². The first-order chi connectivity index (χ1) is 12.1. The summed E-state index contributed by atoms with van der Waals surface area (Å²) in [6.45, 7) is 4.49. The van der Waals surface area contributed by atoms with Gasteiger partial charge in [-0.1, -0.05) is 0 Å². The van der Waals surface area contributed by atoms with Crippen LogP contribution in [0.1, 0.15) is 24.1 Å². The van der Waals surface area contributed by atoms with Crippen LogP contribution in [0.25, 0.3) is 6.08 Å². The number of nitrogens with one attached hydrogen (secondary N) is 1. The first-order valence-corrected chi connectivity index (χ1v) is 8.63. The average molecular weight is 345 g/mol. The van der Waals surface area contributed by atoms with E-state index in [0.29, 0.717) is 12.1 Å². The van der Waals surface area contributed by atoms with Gasteiger partial charge < -0.3 is 15.2 Å². The van der Waals surface area contributed by atoms with E-state index in [2.05, 4.69) is 15.2 Å². The van der Waals surface area contributed by atoms with Crippen molar-refractivity contribution in [3.05, 3.63) is 29.6 Å². The summed E-state index contributed by atoms with van der Waals surface area (Å²) in [7, 11) is 0. The molecule has 0 spiro atoms. The van der Waals surface area contributed by atoms with E-state index in [-0.39, 0.29) is 11.8 Å². The summed E-state index contributed by atoms with van der Waals surface area (Å²) in [6, 6.07) is 1.85. The zero-order valence-electron chi connectivity index (χ0n) is 14.1. The Morgan fingerprint density at radius 3 is 3.00 bits per heavy atom. The van der Waals surface area contributed by atoms with Crippen molar-refractivity contribution in [1.82, 2.24) is 9.88 Å². The number of carboxylic acids is 1. The van der Waals surface area contributed by atoms with Crippen molar-refractivity contribution in [1.29, 1.82) is 0 Å². The maximum Gasteiger partial charge on any atom is 0.328 e. The van der Waals surface area contributed by atoms with Crippen molar-refractivity contribution in [2.24, 2.45) is 5.92 Å². The molecule has 1 atom stereocenters. The summed E-state index contributed by atoms with van der Waals surface area (Å²) in [5, 5.41) is 11.6. The maximum absolute atomic E-state index is 12.3. The number of ether oxygens (including phenoxy) is 1. The number of aromatic nitrogens is 1. The number of nitrogens with zero attached hydrogens (tertiary/aromatic N) is 2. The molecule has 1 aromatic rings. The number of aliphatic carboxylic acids is 1. The standard InChI is InChI=1S/C18H23N3O4/c22-17(23)4-3-15-11-14-10-13(18(24)20-16(14)12-19-15)2-1-5-21-6-8-25-9-7-21/h3-4,11-13H,1-2,5-10H2,(H,20,24)(H,22,23)/b4-3+. The third-order valence-corrected chi connectivity index (χ3v) is 4.63. The van der Waals surface area contributed by atoms with Gasteiger partial charge in [0.25, 0.3) is 0 Å². The molecule has 7 heteroatoms. The van der Waals surface area contributed by atoms with Crippen LogP contribution in [0, 0.1) is 5.92 Å². The van der Waals surface area contributed by atoms with Gasteiger partial charge in [-0.2, -0.15) is 0 Å². The van der Waals surface area contributed by atoms with Crippen molar-refractivity contribution >= 4 is 23.6 Å². The fourth-order valence-electron chi connectivity index (χ4n) is 3.26. The first kappa shape index (κ1) is 17.6. The topological polar surface area (TPSA) is 91.8 Å². The van der Waals surface area contributed by atoms with E-state index in [1.807, 2.05) is 6.07 Å². The van der Waals surface area contributed by atoms with E-state index < -0.39 is 5.97 Å². The molecule has 0 bridgehead atoms. The summed E-state index contributed by atoms with van der Waals surface area (Å²) < 4.78 is 5.34. The monoisotopic (exact) mass is 345 g/mol. The number of rotatable bonds is 6. The molecule has 0 aromatic carbocycles. The number of carbonyl (C=O) groups excluding carboxylic acids is 1. The highest BCUT2D eigenvalue weighted by atomic mass is 16.5. The molecule has 134 valence electrons. The Bertz CT molecular complexity index is 668. The number of fused-ring (bicyclic) bond motifs is 1. The number of carboxylic acid groups (broad SMARTS) is 1. The van der Waals surface area contributed by atoms with Gasteiger partial charge in [-0.25, -0.2) is 4.79 Å². The van der Waals surface area contributed by atoms with Crippen molar-refractivity contribution in [2.75, 3.05) is 38.2 Å². The van der Waals surface area contributed by atoms with Crippen LogP contribution < -0.4 is 5.32 Å². The number of morpholine rings is 1. The predicted octanol–water partition coefficient (Wildman–Crippen LogP) is 1.40. The molecule has 0 aliphatic carbocycles. The molecule has 2 aliphatic rings. The third kappa shape index (κ3) is 4.87. The smallest absolute Gasteiger partial charge is 0.328 e. The number of hydrogen-bond acceptors (Lipinski definition) is 5. The normalized spacial score (nSPS) is 21.1. The van der Waals surface area contributed by atoms with Gasteiger partial charge in [0.2, 0.25) is 5.91 Å². The van der Waals surface area contributed by atoms with Gasteiger partial charge in [0.1, 0.15) is 0 Å². The number of amides is 1. The minimum atomic E-state index is -1.01. The van der Waals surface area contributed by atoms with Crippen LogP contribution in [-0.2, 0) is 20.7 Å². The second-order valence-electron chi connectivity index (χ2n) is 6.42. The van der Waals surface area contributed by atoms with Crippen LogP contribution in [0.2, 0.25) is 0 Å². The van der Waals surface area contributed by atoms with E-state index in [9.17, 15) is 9.59 Å². The Balaban J connectivity index is 1.57. The van der Waals surface area contributed by atoms with E-state index >= 15 is 0 Å². The number of hydrogen-bond donors (Lipinski definition) is 2. The van der Waals surface area contributed by atoms with E-state index in [1.165, 1.54) is 6.08 Å². The van der Waals surface area contributed by atoms with Gasteiger partial charge in [-0.05, 0) is 43.5 Å². The van der Waals surface area contributed by atoms with E-state index in [1.54, 1.807) is 6.20 Å². The molecule has 2 aliphatic heterocycles. The van der Waals surface area contributed by atoms with Crippen LogP contribution in [0.3, 0.4) is 0 Å². The lowest BCUT2D eigenvalue weighted by molar-refractivity contribution is -0.131. The van der Waals surface area contributed by atoms with Gasteiger partial charge in [0, 0.05) is 25.1 Å². The molecule has 1 amide bonds. The van der Waals surface area contributed by atoms with Gasteiger partial charge in [-0.3, -0.25) is 14.7 Å². The molecule has 1 saturated heterocycles. The highest BCUT2D eigenvalue weighted by Crippen LogP contribution is 2.28. The molecule has 0 radical (unpaired) electrons. The summed E-state index contributed by atoms with van der Waals surface area (Å²) in [6.07, 6.45) is 6.61. The average Bonchev–Trinajstić information content (AvgIpc) is 2.61. The Hall–Kier alpha value is -2.25. The second-order valence-corrected chi connectivity index (χ2v) is 6.42. The molecular weight excluding hydrogens is 322 g/mol. The maximum atomic E-state index is 12.3. The minimum Gasteiger partial charge on any atom is -0.478 e. The molecule has 2 N–H and O–H groups in total. The van der Waals surface area contributed by atoms with Crippen molar-refractivity contribution in [3.63, 3.8) is 0 Å². The lowest BCUT2D eigenvalue weighted by Crippen LogP contribution is -2.37. The highest BCUT2D eigenvalue weighted by molar-refractivity contribution is 5.95. The number of anilines is 1. The summed E-state index contributed by atoms with van der Waals surface area (Å²) in [5.41, 5.74) is 2.32. The van der Waals surface area contributed by atoms with Crippen molar-refractivity contribution in [2.45, 2.75) is 19.3 Å². The molecule has 1 fully saturated rings. The zero-order valence-corrected chi connectivity index (χ0v) is 14.1. The fourth-order valence-corrected chi connectivity index (χ4v) is 3.26. The highest BCUT2D eigenvalue weighted by Gasteiger charge is 2.26. The molecule has 25 heavy (non-hydrogen) atoms. The molecule has 0 saturated carbocycles. The molecule has 3 rings (SSSR count). The molecule has 1 unspecified atom stereocenters. The van der Waals surface area contributed by atoms with Gasteiger partial charge in [0.05, 0.1) is 30.8 Å². The third-order valence-electron chi connectivity index (χ3n) is 4.63. The van der Waals surface area contributed by atoms with Gasteiger partial charge in [-0.15, -0.1) is 0 Å². The van der Waals surface area contributed by atoms with E-state index in [4.69, 9.17) is 9.84 Å². The molecule has 1 aromatic heterocycles. The first-order valence-electron chi connectivity index (χ1n) is 8.63. The van der Waals surface area contributed by atoms with Crippen molar-refractivity contribution in [3.8, 4) is 0 Å². The van der Waals surface area contributed by atoms with Crippen LogP contribution >= 0.6 is 0 Å². The van der Waals surface area contributed by atoms with Crippen LogP contribution in [0.4, 0.5) is 5.69 Å². The SMILES string of the molecule is O=C(O)/C=C/c1cc2c(cn1)NC(=O)C(CCCN1CCOCC1)C2. The zero-order chi connectivity index (χ0) is 17.6. The van der Waals surface area contributed by atoms with E-state index in [0.717, 1.165) is 63.0 Å². The Kier molecular flexibility index (Phi) is 5.78. The molecular formula is C18H23N3O4. The van der Waals surface area contributed by atoms with Crippen LogP contribution in [-0.4, -0.2) is 59.7 Å². The second kappa shape index (κ2) is 8.22. The van der Waals surface area contributed by atoms with Gasteiger partial charge >= 0.3 is 5.97 Å². The van der Waals surface area contributed by atoms with Gasteiger partial charge in [0.15, 0.2) is 0 Å². The fraction of sp³-hybridized carbons (Fsp3) is 0.500. The predicted molar refractivity (Wildman–Crippen MR) is 93.2 cm³/mol. The Morgan fingerprint density at radius 1 is 1.44 bits per heavy atom. The lowest BCUT2D eigenvalue weighted by atomic mass is 9.90. The quantitative estimate of drug-likeness (QED) is 0.757. The Morgan fingerprint density at radius 2 is 2.24 bits per heavy atom. The van der Waals surface area contributed by atoms with Crippen LogP contribution in [0.5, 0.6) is 0 Å². The van der Waals surface area contributed by atoms with Crippen LogP contribution in [0.15, 0.2) is 18.3 Å². The number of pyridine rings is 1. The van der Waals surface area contributed by atoms with Crippen molar-refractivity contribution < 1.29 is 19.4 Å². The summed E-state index contributed by atoms with van der Waals surface area (Å²) in [4.78, 5) is 29.4. The minimum absolute atomic E-state index is 0.0464. The summed E-state index contributed by atoms with van der Waals surface area (Å²) >= 11 is 0. The number of carbonyl (C=O) groups is 2.